The third-order valence-electron chi connectivity index (χ3n) is 4.63. The number of rotatable bonds is 6. The lowest BCUT2D eigenvalue weighted by Crippen LogP contribution is -2.35. The first-order chi connectivity index (χ1) is 11.2. The maximum Gasteiger partial charge on any atom is 0.221 e. The summed E-state index contributed by atoms with van der Waals surface area (Å²) >= 11 is 0. The third-order valence-corrected chi connectivity index (χ3v) is 4.63. The normalized spacial score (nSPS) is 18.2. The molecule has 2 heterocycles. The lowest BCUT2D eigenvalue weighted by atomic mass is 9.97. The van der Waals surface area contributed by atoms with Gasteiger partial charge in [0.2, 0.25) is 5.91 Å². The fourth-order valence-corrected chi connectivity index (χ4v) is 3.24. The first kappa shape index (κ1) is 17.9. The second kappa shape index (κ2) is 9.66. The Balaban J connectivity index is 1.82. The predicted octanol–water partition coefficient (Wildman–Crippen LogP) is 3.55. The average Bonchev–Trinajstić information content (AvgIpc) is 2.52. The van der Waals surface area contributed by atoms with Crippen LogP contribution in [-0.2, 0) is 4.79 Å². The largest absolute Gasteiger partial charge is 0.349 e. The molecule has 1 aliphatic heterocycles. The summed E-state index contributed by atoms with van der Waals surface area (Å²) in [5, 5.41) is 3.19. The van der Waals surface area contributed by atoms with Crippen molar-refractivity contribution in [2.24, 2.45) is 5.92 Å². The van der Waals surface area contributed by atoms with E-state index in [2.05, 4.69) is 29.0 Å². The van der Waals surface area contributed by atoms with Crippen molar-refractivity contribution < 1.29 is 4.79 Å². The van der Waals surface area contributed by atoms with Crippen LogP contribution in [0.15, 0.2) is 24.5 Å². The van der Waals surface area contributed by atoms with Crippen LogP contribution in [0.5, 0.6) is 0 Å². The second-order valence-corrected chi connectivity index (χ2v) is 6.93. The van der Waals surface area contributed by atoms with Crippen LogP contribution in [0, 0.1) is 5.92 Å². The summed E-state index contributed by atoms with van der Waals surface area (Å²) in [4.78, 5) is 19.0. The van der Waals surface area contributed by atoms with Crippen molar-refractivity contribution in [3.8, 4) is 0 Å². The van der Waals surface area contributed by atoms with Crippen molar-refractivity contribution >= 4 is 5.91 Å². The molecule has 1 aromatic heterocycles. The molecular formula is C19H31N3O. The predicted molar refractivity (Wildman–Crippen MR) is 94.1 cm³/mol. The summed E-state index contributed by atoms with van der Waals surface area (Å²) in [7, 11) is 0. The van der Waals surface area contributed by atoms with Crippen molar-refractivity contribution in [1.82, 2.24) is 15.2 Å². The number of pyridine rings is 1. The second-order valence-electron chi connectivity index (χ2n) is 6.93. The van der Waals surface area contributed by atoms with Gasteiger partial charge in [0.25, 0.3) is 0 Å². The molecule has 128 valence electrons. The van der Waals surface area contributed by atoms with Gasteiger partial charge in [-0.05, 0) is 43.5 Å². The van der Waals surface area contributed by atoms with Crippen LogP contribution in [0.1, 0.15) is 64.0 Å². The highest BCUT2D eigenvalue weighted by Crippen LogP contribution is 2.20. The smallest absolute Gasteiger partial charge is 0.221 e. The number of amides is 1. The monoisotopic (exact) mass is 317 g/mol. The van der Waals surface area contributed by atoms with E-state index in [-0.39, 0.29) is 11.9 Å². The van der Waals surface area contributed by atoms with E-state index in [0.717, 1.165) is 25.2 Å². The first-order valence-electron chi connectivity index (χ1n) is 9.08. The van der Waals surface area contributed by atoms with E-state index in [1.807, 2.05) is 18.3 Å². The highest BCUT2D eigenvalue weighted by atomic mass is 16.1. The van der Waals surface area contributed by atoms with Crippen LogP contribution in [0.2, 0.25) is 0 Å². The molecule has 4 nitrogen and oxygen atoms in total. The molecule has 0 bridgehead atoms. The van der Waals surface area contributed by atoms with Gasteiger partial charge in [0, 0.05) is 25.4 Å². The van der Waals surface area contributed by atoms with Gasteiger partial charge >= 0.3 is 0 Å². The molecule has 1 fully saturated rings. The summed E-state index contributed by atoms with van der Waals surface area (Å²) in [6, 6.07) is 4.01. The summed E-state index contributed by atoms with van der Waals surface area (Å²) < 4.78 is 0. The van der Waals surface area contributed by atoms with Gasteiger partial charge in [-0.1, -0.05) is 39.2 Å². The molecule has 1 unspecified atom stereocenters. The Morgan fingerprint density at radius 1 is 1.22 bits per heavy atom. The van der Waals surface area contributed by atoms with Crippen LogP contribution in [0.3, 0.4) is 0 Å². The minimum absolute atomic E-state index is 0.0449. The number of likely N-dealkylation sites (tertiary alicyclic amines) is 1. The molecule has 1 atom stereocenters. The molecule has 1 N–H and O–H groups in total. The standard InChI is InChI=1S/C19H31N3O/c1-16(2)19(17-9-8-11-20-15-17)21-18(23)10-14-22-12-6-4-3-5-7-13-22/h8-9,11,15-16,19H,3-7,10,12-14H2,1-2H3,(H,21,23). The Labute approximate surface area is 140 Å². The van der Waals surface area contributed by atoms with E-state index >= 15 is 0 Å². The van der Waals surface area contributed by atoms with Crippen molar-refractivity contribution in [3.05, 3.63) is 30.1 Å². The number of nitrogens with one attached hydrogen (secondary N) is 1. The maximum atomic E-state index is 12.4. The number of carbonyl (C=O) groups is 1. The van der Waals surface area contributed by atoms with Crippen molar-refractivity contribution in [3.63, 3.8) is 0 Å². The minimum Gasteiger partial charge on any atom is -0.349 e. The summed E-state index contributed by atoms with van der Waals surface area (Å²) in [6.07, 6.45) is 10.8. The van der Waals surface area contributed by atoms with Crippen LogP contribution in [0.25, 0.3) is 0 Å². The zero-order valence-electron chi connectivity index (χ0n) is 14.6. The molecule has 2 rings (SSSR count). The van der Waals surface area contributed by atoms with Gasteiger partial charge in [-0.3, -0.25) is 9.78 Å². The molecule has 0 radical (unpaired) electrons. The zero-order valence-corrected chi connectivity index (χ0v) is 14.6. The van der Waals surface area contributed by atoms with Crippen LogP contribution < -0.4 is 5.32 Å². The highest BCUT2D eigenvalue weighted by molar-refractivity contribution is 5.76. The molecule has 1 saturated heterocycles. The molecule has 1 aliphatic rings. The maximum absolute atomic E-state index is 12.4. The number of nitrogens with zero attached hydrogens (tertiary/aromatic N) is 2. The van der Waals surface area contributed by atoms with E-state index in [1.165, 1.54) is 32.1 Å². The first-order valence-corrected chi connectivity index (χ1v) is 9.08. The van der Waals surface area contributed by atoms with E-state index in [1.54, 1.807) is 6.20 Å². The Bertz CT molecular complexity index is 453. The molecule has 23 heavy (non-hydrogen) atoms. The number of carbonyl (C=O) groups excluding carboxylic acids is 1. The molecule has 1 amide bonds. The van der Waals surface area contributed by atoms with Crippen molar-refractivity contribution in [1.29, 1.82) is 0 Å². The molecule has 0 spiro atoms. The molecular weight excluding hydrogens is 286 g/mol. The van der Waals surface area contributed by atoms with Gasteiger partial charge in [0.15, 0.2) is 0 Å². The van der Waals surface area contributed by atoms with Gasteiger partial charge in [-0.15, -0.1) is 0 Å². The van der Waals surface area contributed by atoms with E-state index < -0.39 is 0 Å². The van der Waals surface area contributed by atoms with Crippen LogP contribution in [0.4, 0.5) is 0 Å². The Hall–Kier alpha value is -1.42. The van der Waals surface area contributed by atoms with E-state index in [0.29, 0.717) is 12.3 Å². The molecule has 0 saturated carbocycles. The van der Waals surface area contributed by atoms with Crippen molar-refractivity contribution in [2.45, 2.75) is 58.4 Å². The SMILES string of the molecule is CC(C)C(NC(=O)CCN1CCCCCCC1)c1cccnc1. The minimum atomic E-state index is 0.0449. The average molecular weight is 317 g/mol. The van der Waals surface area contributed by atoms with E-state index in [9.17, 15) is 4.79 Å². The molecule has 1 aromatic rings. The van der Waals surface area contributed by atoms with Crippen LogP contribution in [-0.4, -0.2) is 35.4 Å². The van der Waals surface area contributed by atoms with Crippen LogP contribution >= 0.6 is 0 Å². The Morgan fingerprint density at radius 3 is 2.52 bits per heavy atom. The fraction of sp³-hybridized carbons (Fsp3) is 0.684. The summed E-state index contributed by atoms with van der Waals surface area (Å²) in [5.41, 5.74) is 1.09. The fourth-order valence-electron chi connectivity index (χ4n) is 3.24. The molecule has 4 heteroatoms. The molecule has 0 aliphatic carbocycles. The summed E-state index contributed by atoms with van der Waals surface area (Å²) in [6.45, 7) is 7.43. The van der Waals surface area contributed by atoms with Gasteiger partial charge in [0.05, 0.1) is 6.04 Å². The number of aromatic nitrogens is 1. The number of hydrogen-bond acceptors (Lipinski definition) is 3. The quantitative estimate of drug-likeness (QED) is 0.872. The zero-order chi connectivity index (χ0) is 16.5. The third kappa shape index (κ3) is 6.30. The molecule has 0 aromatic carbocycles. The number of hydrogen-bond donors (Lipinski definition) is 1. The summed E-state index contributed by atoms with van der Waals surface area (Å²) in [5.74, 6) is 0.500. The van der Waals surface area contributed by atoms with Crippen molar-refractivity contribution in [2.75, 3.05) is 19.6 Å². The van der Waals surface area contributed by atoms with Gasteiger partial charge < -0.3 is 10.2 Å². The highest BCUT2D eigenvalue weighted by Gasteiger charge is 2.19. The lowest BCUT2D eigenvalue weighted by Gasteiger charge is -2.26. The van der Waals surface area contributed by atoms with E-state index in [4.69, 9.17) is 0 Å². The van der Waals surface area contributed by atoms with Gasteiger partial charge in [-0.25, -0.2) is 0 Å². The Morgan fingerprint density at radius 2 is 1.91 bits per heavy atom. The topological polar surface area (TPSA) is 45.2 Å². The van der Waals surface area contributed by atoms with Gasteiger partial charge in [-0.2, -0.15) is 0 Å². The Kier molecular flexibility index (Phi) is 7.53. The van der Waals surface area contributed by atoms with Gasteiger partial charge in [0.1, 0.15) is 0 Å². The lowest BCUT2D eigenvalue weighted by molar-refractivity contribution is -0.122.